The van der Waals surface area contributed by atoms with Gasteiger partial charge in [0.2, 0.25) is 0 Å². The van der Waals surface area contributed by atoms with E-state index in [4.69, 9.17) is 9.47 Å². The lowest BCUT2D eigenvalue weighted by molar-refractivity contribution is -0.142. The van der Waals surface area contributed by atoms with E-state index in [1.165, 1.54) is 7.11 Å². The second-order valence-electron chi connectivity index (χ2n) is 5.52. The van der Waals surface area contributed by atoms with Gasteiger partial charge in [-0.3, -0.25) is 0 Å². The van der Waals surface area contributed by atoms with Crippen LogP contribution in [0.5, 0.6) is 11.5 Å². The molecular weight excluding hydrogens is 320 g/mol. The Morgan fingerprint density at radius 3 is 2.72 bits per heavy atom. The topological polar surface area (TPSA) is 73.4 Å². The van der Waals surface area contributed by atoms with Crippen LogP contribution in [0.25, 0.3) is 22.4 Å². The van der Waals surface area contributed by atoms with Crippen LogP contribution in [0.3, 0.4) is 0 Å². The summed E-state index contributed by atoms with van der Waals surface area (Å²) in [6, 6.07) is 11.5. The lowest BCUT2D eigenvalue weighted by atomic mass is 10.2. The Balaban J connectivity index is 1.94. The van der Waals surface area contributed by atoms with E-state index in [9.17, 15) is 4.79 Å². The number of aromatic nitrogens is 2. The van der Waals surface area contributed by atoms with Crippen LogP contribution < -0.4 is 9.47 Å². The van der Waals surface area contributed by atoms with Crippen molar-refractivity contribution >= 4 is 17.0 Å². The third-order valence-corrected chi connectivity index (χ3v) is 3.80. The number of hydrogen-bond donors (Lipinski definition) is 1. The molecule has 6 heteroatoms. The van der Waals surface area contributed by atoms with Gasteiger partial charge in [-0.05, 0) is 43.7 Å². The minimum Gasteiger partial charge on any atom is -0.490 e. The molecule has 3 rings (SSSR count). The Labute approximate surface area is 145 Å². The van der Waals surface area contributed by atoms with Gasteiger partial charge < -0.3 is 19.2 Å². The van der Waals surface area contributed by atoms with Gasteiger partial charge in [0, 0.05) is 5.56 Å². The van der Waals surface area contributed by atoms with Crippen molar-refractivity contribution in [2.45, 2.75) is 13.8 Å². The number of fused-ring (bicyclic) bond motifs is 1. The van der Waals surface area contributed by atoms with Crippen molar-refractivity contribution in [1.29, 1.82) is 0 Å². The summed E-state index contributed by atoms with van der Waals surface area (Å²) in [5, 5.41) is 0. The van der Waals surface area contributed by atoms with Crippen molar-refractivity contribution in [3.05, 3.63) is 42.0 Å². The Morgan fingerprint density at radius 1 is 1.16 bits per heavy atom. The minimum atomic E-state index is -0.445. The fraction of sp³-hybridized carbons (Fsp3) is 0.263. The second-order valence-corrected chi connectivity index (χ2v) is 5.52. The maximum atomic E-state index is 11.3. The summed E-state index contributed by atoms with van der Waals surface area (Å²) in [7, 11) is 1.32. The van der Waals surface area contributed by atoms with Crippen molar-refractivity contribution in [3.8, 4) is 22.9 Å². The van der Waals surface area contributed by atoms with Crippen LogP contribution in [0.1, 0.15) is 12.5 Å². The number of imidazole rings is 1. The maximum absolute atomic E-state index is 11.3. The molecule has 6 nitrogen and oxygen atoms in total. The van der Waals surface area contributed by atoms with Crippen LogP contribution in [0.2, 0.25) is 0 Å². The van der Waals surface area contributed by atoms with Crippen LogP contribution in [0, 0.1) is 6.92 Å². The van der Waals surface area contributed by atoms with Gasteiger partial charge in [0.15, 0.2) is 18.1 Å². The molecule has 1 N–H and O–H groups in total. The first-order valence-corrected chi connectivity index (χ1v) is 8.04. The summed E-state index contributed by atoms with van der Waals surface area (Å²) in [5.74, 6) is 1.36. The summed E-state index contributed by atoms with van der Waals surface area (Å²) >= 11 is 0. The highest BCUT2D eigenvalue weighted by Gasteiger charge is 2.13. The van der Waals surface area contributed by atoms with Crippen LogP contribution in [0.4, 0.5) is 0 Å². The molecule has 0 unspecified atom stereocenters. The van der Waals surface area contributed by atoms with E-state index in [0.717, 1.165) is 28.0 Å². The molecule has 0 bridgehead atoms. The van der Waals surface area contributed by atoms with E-state index in [0.29, 0.717) is 18.1 Å². The molecule has 1 aromatic heterocycles. The molecule has 0 aliphatic carbocycles. The van der Waals surface area contributed by atoms with E-state index < -0.39 is 5.97 Å². The predicted molar refractivity (Wildman–Crippen MR) is 94.9 cm³/mol. The number of ether oxygens (including phenoxy) is 3. The summed E-state index contributed by atoms with van der Waals surface area (Å²) in [6.45, 7) is 4.24. The number of esters is 1. The number of nitrogens with one attached hydrogen (secondary N) is 1. The molecular formula is C19H20N2O4. The van der Waals surface area contributed by atoms with Crippen LogP contribution in [0.15, 0.2) is 36.4 Å². The summed E-state index contributed by atoms with van der Waals surface area (Å²) in [4.78, 5) is 19.3. The zero-order chi connectivity index (χ0) is 17.8. The molecule has 0 radical (unpaired) electrons. The molecule has 0 atom stereocenters. The zero-order valence-corrected chi connectivity index (χ0v) is 14.5. The minimum absolute atomic E-state index is 0.167. The van der Waals surface area contributed by atoms with Gasteiger partial charge in [-0.25, -0.2) is 9.78 Å². The number of carbonyl (C=O) groups is 1. The number of hydrogen-bond acceptors (Lipinski definition) is 5. The SMILES string of the molecule is CCOc1cc(-c2nc3c(C)cccc3[nH]2)ccc1OCC(=O)OC. The summed E-state index contributed by atoms with van der Waals surface area (Å²) in [6.07, 6.45) is 0. The molecule has 0 saturated heterocycles. The van der Waals surface area contributed by atoms with Gasteiger partial charge in [0.25, 0.3) is 0 Å². The third-order valence-electron chi connectivity index (χ3n) is 3.80. The number of aromatic amines is 1. The molecule has 0 spiro atoms. The molecule has 3 aromatic rings. The Morgan fingerprint density at radius 2 is 2.00 bits per heavy atom. The number of benzene rings is 2. The van der Waals surface area contributed by atoms with Crippen LogP contribution in [-0.4, -0.2) is 36.3 Å². The first kappa shape index (κ1) is 16.8. The third kappa shape index (κ3) is 3.57. The summed E-state index contributed by atoms with van der Waals surface area (Å²) < 4.78 is 15.7. The van der Waals surface area contributed by atoms with Gasteiger partial charge in [-0.2, -0.15) is 0 Å². The lowest BCUT2D eigenvalue weighted by Crippen LogP contribution is -2.13. The van der Waals surface area contributed by atoms with E-state index >= 15 is 0 Å². The quantitative estimate of drug-likeness (QED) is 0.695. The Kier molecular flexibility index (Phi) is 4.88. The van der Waals surface area contributed by atoms with Gasteiger partial charge in [-0.1, -0.05) is 12.1 Å². The van der Waals surface area contributed by atoms with Crippen LogP contribution in [-0.2, 0) is 9.53 Å². The molecule has 25 heavy (non-hydrogen) atoms. The number of carbonyl (C=O) groups excluding carboxylic acids is 1. The highest BCUT2D eigenvalue weighted by Crippen LogP contribution is 2.33. The van der Waals surface area contributed by atoms with Crippen molar-refractivity contribution in [2.75, 3.05) is 20.3 Å². The Bertz CT molecular complexity index is 902. The molecule has 1 heterocycles. The normalized spacial score (nSPS) is 10.7. The first-order valence-electron chi connectivity index (χ1n) is 8.04. The first-order chi connectivity index (χ1) is 12.1. The highest BCUT2D eigenvalue weighted by atomic mass is 16.6. The standard InChI is InChI=1S/C19H20N2O4/c1-4-24-16-10-13(8-9-15(16)25-11-17(22)23-3)19-20-14-7-5-6-12(2)18(14)21-19/h5-10H,4,11H2,1-3H3,(H,20,21). The van der Waals surface area contributed by atoms with E-state index in [1.54, 1.807) is 6.07 Å². The average molecular weight is 340 g/mol. The van der Waals surface area contributed by atoms with Crippen molar-refractivity contribution < 1.29 is 19.0 Å². The number of aryl methyl sites for hydroxylation is 1. The molecule has 0 amide bonds. The van der Waals surface area contributed by atoms with Gasteiger partial charge >= 0.3 is 5.97 Å². The van der Waals surface area contributed by atoms with Crippen molar-refractivity contribution in [3.63, 3.8) is 0 Å². The van der Waals surface area contributed by atoms with Crippen molar-refractivity contribution in [2.24, 2.45) is 0 Å². The molecule has 0 fully saturated rings. The molecule has 130 valence electrons. The van der Waals surface area contributed by atoms with Gasteiger partial charge in [0.05, 0.1) is 24.8 Å². The smallest absolute Gasteiger partial charge is 0.343 e. The molecule has 2 aromatic carbocycles. The zero-order valence-electron chi connectivity index (χ0n) is 14.5. The largest absolute Gasteiger partial charge is 0.490 e. The number of methoxy groups -OCH3 is 1. The van der Waals surface area contributed by atoms with E-state index in [-0.39, 0.29) is 6.61 Å². The second kappa shape index (κ2) is 7.25. The summed E-state index contributed by atoms with van der Waals surface area (Å²) in [5.41, 5.74) is 3.92. The van der Waals surface area contributed by atoms with Gasteiger partial charge in [-0.15, -0.1) is 0 Å². The lowest BCUT2D eigenvalue weighted by Gasteiger charge is -2.12. The molecule has 0 saturated carbocycles. The number of rotatable bonds is 6. The number of H-pyrrole nitrogens is 1. The number of nitrogens with zero attached hydrogens (tertiary/aromatic N) is 1. The monoisotopic (exact) mass is 340 g/mol. The van der Waals surface area contributed by atoms with E-state index in [2.05, 4.69) is 14.7 Å². The number of para-hydroxylation sites is 1. The van der Waals surface area contributed by atoms with Crippen molar-refractivity contribution in [1.82, 2.24) is 9.97 Å². The Hall–Kier alpha value is -3.02. The average Bonchev–Trinajstić information content (AvgIpc) is 3.06. The highest BCUT2D eigenvalue weighted by molar-refractivity contribution is 5.82. The molecule has 0 aliphatic rings. The maximum Gasteiger partial charge on any atom is 0.343 e. The predicted octanol–water partition coefficient (Wildman–Crippen LogP) is 3.49. The fourth-order valence-corrected chi connectivity index (χ4v) is 2.55. The van der Waals surface area contributed by atoms with Gasteiger partial charge in [0.1, 0.15) is 5.82 Å². The fourth-order valence-electron chi connectivity index (χ4n) is 2.55. The van der Waals surface area contributed by atoms with E-state index in [1.807, 2.05) is 44.2 Å². The van der Waals surface area contributed by atoms with Crippen LogP contribution >= 0.6 is 0 Å². The molecule has 0 aliphatic heterocycles.